The highest BCUT2D eigenvalue weighted by atomic mass is 16.3. The Morgan fingerprint density at radius 1 is 0.342 bits per heavy atom. The molecule has 0 aromatic heterocycles. The van der Waals surface area contributed by atoms with Gasteiger partial charge in [0.05, 0.1) is 24.2 Å². The molecule has 0 spiro atoms. The number of hydrogen-bond donors (Lipinski definition) is 4. The maximum Gasteiger partial charge on any atom is 0.128 e. The van der Waals surface area contributed by atoms with Gasteiger partial charge in [0.1, 0.15) is 23.0 Å². The first-order chi connectivity index (χ1) is 33.6. The van der Waals surface area contributed by atoms with E-state index in [4.69, 9.17) is 20.0 Å². The van der Waals surface area contributed by atoms with Gasteiger partial charge in [0.15, 0.2) is 0 Å². The Morgan fingerprint density at radius 2 is 0.575 bits per heavy atom. The molecule has 2 aliphatic rings. The second-order valence-electron chi connectivity index (χ2n) is 27.7. The van der Waals surface area contributed by atoms with Gasteiger partial charge in [-0.2, -0.15) is 0 Å². The summed E-state index contributed by atoms with van der Waals surface area (Å²) < 4.78 is 0. The van der Waals surface area contributed by atoms with Crippen molar-refractivity contribution in [3.8, 4) is 23.0 Å². The Labute approximate surface area is 440 Å². The van der Waals surface area contributed by atoms with Gasteiger partial charge in [0, 0.05) is 69.4 Å². The number of aromatic hydroxyl groups is 4. The van der Waals surface area contributed by atoms with Crippen LogP contribution in [-0.4, -0.2) is 69.5 Å². The molecule has 0 radical (unpaired) electrons. The molecular formula is C65H92N4O4. The lowest BCUT2D eigenvalue weighted by Crippen LogP contribution is -2.27. The summed E-state index contributed by atoms with van der Waals surface area (Å²) in [5.41, 5.74) is 9.42. The first-order valence-electron chi connectivity index (χ1n) is 27.2. The zero-order valence-corrected chi connectivity index (χ0v) is 48.2. The van der Waals surface area contributed by atoms with Crippen LogP contribution in [0.5, 0.6) is 23.0 Å². The van der Waals surface area contributed by atoms with Crippen LogP contribution >= 0.6 is 0 Å². The number of rotatable bonds is 10. The largest absolute Gasteiger partial charge is 0.507 e. The monoisotopic (exact) mass is 993 g/mol. The minimum Gasteiger partial charge on any atom is -0.507 e. The van der Waals surface area contributed by atoms with Gasteiger partial charge in [-0.3, -0.25) is 20.0 Å². The fourth-order valence-corrected chi connectivity index (χ4v) is 10.3. The fraction of sp³-hybridized carbons (Fsp3) is 0.569. The van der Waals surface area contributed by atoms with Crippen LogP contribution < -0.4 is 0 Å². The predicted octanol–water partition coefficient (Wildman–Crippen LogP) is 15.6. The van der Waals surface area contributed by atoms with Crippen molar-refractivity contribution >= 4 is 24.9 Å². The van der Waals surface area contributed by atoms with E-state index in [1.807, 2.05) is 24.9 Å². The van der Waals surface area contributed by atoms with Crippen LogP contribution in [0, 0.1) is 0 Å². The molecule has 73 heavy (non-hydrogen) atoms. The van der Waals surface area contributed by atoms with E-state index in [1.54, 1.807) is 0 Å². The zero-order valence-electron chi connectivity index (χ0n) is 48.2. The maximum atomic E-state index is 11.9. The zero-order chi connectivity index (χ0) is 54.2. The third-order valence-electron chi connectivity index (χ3n) is 15.1. The standard InChI is InChI=1S/C65H92N4O4/c1-60(2,3)46-32-44(58(72)50(34-46)64(13,14)15)38-68-54-25-21-19-23-52(54)66-36-42-28-40(30-48(56(42)70)62(7,8)9)27-41-29-43(57(71)49(31-41)63(10,11)12)37-67-53-24-20-22-26-55(53)69-39-45-33-47(61(4,5)6)35-51(59(45)73)65(16,17)18/h28-39,52-55,70-73H,19-27H2,1-18H3/t52-,53-,54-,55-/m0/s1. The number of hydrogen-bond acceptors (Lipinski definition) is 8. The molecule has 2 saturated carbocycles. The van der Waals surface area contributed by atoms with Crippen molar-refractivity contribution < 1.29 is 20.4 Å². The molecule has 4 aromatic rings. The van der Waals surface area contributed by atoms with Gasteiger partial charge in [0.25, 0.3) is 0 Å². The van der Waals surface area contributed by atoms with Crippen molar-refractivity contribution in [1.82, 2.24) is 0 Å². The van der Waals surface area contributed by atoms with Gasteiger partial charge in [-0.05, 0) is 111 Å². The Hall–Kier alpha value is -5.24. The van der Waals surface area contributed by atoms with E-state index in [1.165, 1.54) is 0 Å². The minimum atomic E-state index is -0.346. The summed E-state index contributed by atoms with van der Waals surface area (Å²) in [5, 5.41) is 46.8. The lowest BCUT2D eigenvalue weighted by Gasteiger charge is -2.28. The van der Waals surface area contributed by atoms with Gasteiger partial charge < -0.3 is 20.4 Å². The van der Waals surface area contributed by atoms with E-state index >= 15 is 0 Å². The maximum absolute atomic E-state index is 11.9. The van der Waals surface area contributed by atoms with Crippen molar-refractivity contribution in [3.05, 3.63) is 115 Å². The Bertz CT molecular complexity index is 2550. The van der Waals surface area contributed by atoms with E-state index in [0.29, 0.717) is 17.5 Å². The highest BCUT2D eigenvalue weighted by molar-refractivity contribution is 5.88. The molecule has 4 aromatic carbocycles. The Morgan fingerprint density at radius 3 is 0.808 bits per heavy atom. The van der Waals surface area contributed by atoms with Crippen molar-refractivity contribution in [2.75, 3.05) is 0 Å². The van der Waals surface area contributed by atoms with Gasteiger partial charge in [-0.1, -0.05) is 175 Å². The van der Waals surface area contributed by atoms with Crippen LogP contribution in [0.25, 0.3) is 0 Å². The van der Waals surface area contributed by atoms with Crippen molar-refractivity contribution in [2.45, 2.75) is 239 Å². The highest BCUT2D eigenvalue weighted by Gasteiger charge is 2.30. The lowest BCUT2D eigenvalue weighted by molar-refractivity contribution is 0.389. The van der Waals surface area contributed by atoms with Crippen LogP contribution in [0.3, 0.4) is 0 Å². The Kier molecular flexibility index (Phi) is 16.8. The van der Waals surface area contributed by atoms with Crippen LogP contribution in [0.2, 0.25) is 0 Å². The molecule has 0 amide bonds. The lowest BCUT2D eigenvalue weighted by atomic mass is 9.79. The second-order valence-corrected chi connectivity index (χ2v) is 27.7. The summed E-state index contributed by atoms with van der Waals surface area (Å²) in [7, 11) is 0. The van der Waals surface area contributed by atoms with Crippen LogP contribution in [-0.2, 0) is 38.9 Å². The number of phenols is 4. The summed E-state index contributed by atoms with van der Waals surface area (Å²) in [6.45, 7) is 38.7. The summed E-state index contributed by atoms with van der Waals surface area (Å²) in [5.74, 6) is 1.04. The average molecular weight is 993 g/mol. The molecule has 0 aliphatic heterocycles. The Balaban J connectivity index is 1.32. The van der Waals surface area contributed by atoms with Crippen LogP contribution in [0.4, 0.5) is 0 Å². The third kappa shape index (κ3) is 14.1. The molecule has 8 heteroatoms. The summed E-state index contributed by atoms with van der Waals surface area (Å²) in [4.78, 5) is 20.7. The van der Waals surface area contributed by atoms with Crippen molar-refractivity contribution in [2.24, 2.45) is 20.0 Å². The molecule has 2 fully saturated rings. The average Bonchev–Trinajstić information content (AvgIpc) is 3.26. The third-order valence-corrected chi connectivity index (χ3v) is 15.1. The summed E-state index contributed by atoms with van der Waals surface area (Å²) >= 11 is 0. The molecule has 0 unspecified atom stereocenters. The number of phenolic OH excluding ortho intramolecular Hbond substituents is 4. The van der Waals surface area contributed by atoms with E-state index < -0.39 is 0 Å². The molecule has 396 valence electrons. The van der Waals surface area contributed by atoms with Crippen molar-refractivity contribution in [1.29, 1.82) is 0 Å². The van der Waals surface area contributed by atoms with Gasteiger partial charge in [-0.25, -0.2) is 0 Å². The number of nitrogens with zero attached hydrogens (tertiary/aromatic N) is 4. The molecule has 0 saturated heterocycles. The predicted molar refractivity (Wildman–Crippen MR) is 310 cm³/mol. The normalized spacial score (nSPS) is 20.1. The SMILES string of the molecule is CC(C)(C)c1cc(C=N[C@H]2CCCC[C@@H]2N=Cc2cc(Cc3cc(C=N[C@H]4CCCC[C@@H]4N=Cc4cc(C(C)(C)C)cc(C(C)(C)C)c4O)c(O)c(C(C)(C)C)c3)cc(C(C)(C)C)c2O)c(O)c(C(C)(C)C)c1. The molecule has 0 bridgehead atoms. The van der Waals surface area contributed by atoms with E-state index in [-0.39, 0.29) is 79.7 Å². The molecular weight excluding hydrogens is 901 g/mol. The molecule has 6 rings (SSSR count). The highest BCUT2D eigenvalue weighted by Crippen LogP contribution is 2.41. The summed E-state index contributed by atoms with van der Waals surface area (Å²) in [6, 6.07) is 16.5. The number of aliphatic imine (C=N–C) groups is 4. The van der Waals surface area contributed by atoms with Gasteiger partial charge in [0.2, 0.25) is 0 Å². The van der Waals surface area contributed by atoms with Crippen molar-refractivity contribution in [3.63, 3.8) is 0 Å². The molecule has 4 atom stereocenters. The minimum absolute atomic E-state index is 0.0580. The molecule has 2 aliphatic carbocycles. The smallest absolute Gasteiger partial charge is 0.128 e. The molecule has 4 N–H and O–H groups in total. The first kappa shape index (κ1) is 57.0. The van der Waals surface area contributed by atoms with Crippen LogP contribution in [0.1, 0.15) is 243 Å². The molecule has 8 nitrogen and oxygen atoms in total. The topological polar surface area (TPSA) is 130 Å². The molecule has 0 heterocycles. The van der Waals surface area contributed by atoms with Crippen LogP contribution in [0.15, 0.2) is 68.5 Å². The number of benzene rings is 4. The van der Waals surface area contributed by atoms with Gasteiger partial charge >= 0.3 is 0 Å². The second kappa shape index (κ2) is 21.5. The van der Waals surface area contributed by atoms with Gasteiger partial charge in [-0.15, -0.1) is 0 Å². The quantitative estimate of drug-likeness (QED) is 0.118. The van der Waals surface area contributed by atoms with E-state index in [2.05, 4.69) is 173 Å². The van der Waals surface area contributed by atoms with E-state index in [9.17, 15) is 20.4 Å². The van der Waals surface area contributed by atoms with E-state index in [0.717, 1.165) is 107 Å². The first-order valence-corrected chi connectivity index (χ1v) is 27.2. The summed E-state index contributed by atoms with van der Waals surface area (Å²) in [6.07, 6.45) is 15.8. The fourth-order valence-electron chi connectivity index (χ4n) is 10.3.